The number of hydrogen-bond donors (Lipinski definition) is 2. The van der Waals surface area contributed by atoms with Crippen molar-refractivity contribution in [2.24, 2.45) is 0 Å². The van der Waals surface area contributed by atoms with Gasteiger partial charge in [-0.05, 0) is 42.7 Å². The van der Waals surface area contributed by atoms with Gasteiger partial charge in [0.1, 0.15) is 23.7 Å². The fourth-order valence-electron chi connectivity index (χ4n) is 4.43. The SMILES string of the molecule is CC(=O)c1ccc(CNC(=O)c2cc(C(=O)NCc3ccc4c(c3)CC(=O)CO4)nc3c(F)cnn23)cc1C. The summed E-state index contributed by atoms with van der Waals surface area (Å²) in [7, 11) is 0. The lowest BCUT2D eigenvalue weighted by atomic mass is 10.0. The van der Waals surface area contributed by atoms with Crippen LogP contribution < -0.4 is 15.4 Å². The van der Waals surface area contributed by atoms with Gasteiger partial charge in [0.25, 0.3) is 11.8 Å². The predicted molar refractivity (Wildman–Crippen MR) is 137 cm³/mol. The average molecular weight is 530 g/mol. The second-order valence-corrected chi connectivity index (χ2v) is 9.27. The molecule has 0 bridgehead atoms. The molecule has 2 amide bonds. The zero-order chi connectivity index (χ0) is 27.7. The number of nitrogens with one attached hydrogen (secondary N) is 2. The number of aromatic nitrogens is 3. The summed E-state index contributed by atoms with van der Waals surface area (Å²) in [6.45, 7) is 3.59. The number of aryl methyl sites for hydroxylation is 1. The van der Waals surface area contributed by atoms with E-state index in [4.69, 9.17) is 4.74 Å². The summed E-state index contributed by atoms with van der Waals surface area (Å²) < 4.78 is 20.8. The maximum Gasteiger partial charge on any atom is 0.270 e. The predicted octanol–water partition coefficient (Wildman–Crippen LogP) is 2.74. The van der Waals surface area contributed by atoms with Crippen LogP contribution in [0.25, 0.3) is 5.65 Å². The summed E-state index contributed by atoms with van der Waals surface area (Å²) in [4.78, 5) is 53.4. The second kappa shape index (κ2) is 10.4. The normalized spacial score (nSPS) is 12.5. The summed E-state index contributed by atoms with van der Waals surface area (Å²) in [5.41, 5.74) is 3.12. The first-order valence-electron chi connectivity index (χ1n) is 12.2. The molecular formula is C28H24FN5O5. The number of carbonyl (C=O) groups is 4. The van der Waals surface area contributed by atoms with E-state index >= 15 is 0 Å². The van der Waals surface area contributed by atoms with Gasteiger partial charge in [-0.15, -0.1) is 0 Å². The minimum Gasteiger partial charge on any atom is -0.486 e. The smallest absolute Gasteiger partial charge is 0.270 e. The largest absolute Gasteiger partial charge is 0.486 e. The van der Waals surface area contributed by atoms with E-state index in [2.05, 4.69) is 20.7 Å². The Morgan fingerprint density at radius 3 is 2.49 bits per heavy atom. The molecule has 11 heteroatoms. The monoisotopic (exact) mass is 529 g/mol. The molecule has 1 aliphatic rings. The van der Waals surface area contributed by atoms with E-state index in [1.54, 1.807) is 36.4 Å². The molecule has 4 aromatic rings. The van der Waals surface area contributed by atoms with Crippen molar-refractivity contribution in [1.29, 1.82) is 0 Å². The van der Waals surface area contributed by atoms with Gasteiger partial charge in [0.05, 0.1) is 6.20 Å². The molecule has 0 spiro atoms. The first kappa shape index (κ1) is 25.7. The maximum atomic E-state index is 14.4. The second-order valence-electron chi connectivity index (χ2n) is 9.27. The van der Waals surface area contributed by atoms with Crippen molar-refractivity contribution < 1.29 is 28.3 Å². The highest BCUT2D eigenvalue weighted by Gasteiger charge is 2.21. The molecule has 0 atom stereocenters. The number of amides is 2. The lowest BCUT2D eigenvalue weighted by Crippen LogP contribution is -2.28. The summed E-state index contributed by atoms with van der Waals surface area (Å²) in [6.07, 6.45) is 1.18. The Balaban J connectivity index is 1.33. The Labute approximate surface area is 222 Å². The number of nitrogens with zero attached hydrogens (tertiary/aromatic N) is 3. The van der Waals surface area contributed by atoms with Crippen LogP contribution in [0.2, 0.25) is 0 Å². The fraction of sp³-hybridized carbons (Fsp3) is 0.214. The van der Waals surface area contributed by atoms with E-state index in [-0.39, 0.29) is 54.7 Å². The highest BCUT2D eigenvalue weighted by molar-refractivity contribution is 5.98. The van der Waals surface area contributed by atoms with Crippen LogP contribution in [-0.4, -0.2) is 44.6 Å². The molecule has 198 valence electrons. The van der Waals surface area contributed by atoms with Crippen LogP contribution in [0.4, 0.5) is 4.39 Å². The summed E-state index contributed by atoms with van der Waals surface area (Å²) in [5, 5.41) is 9.35. The third-order valence-electron chi connectivity index (χ3n) is 6.37. The molecule has 5 rings (SSSR count). The zero-order valence-corrected chi connectivity index (χ0v) is 21.2. The molecule has 2 aromatic carbocycles. The van der Waals surface area contributed by atoms with Gasteiger partial charge >= 0.3 is 0 Å². The molecule has 0 fully saturated rings. The van der Waals surface area contributed by atoms with Gasteiger partial charge in [0, 0.05) is 36.7 Å². The van der Waals surface area contributed by atoms with E-state index in [1.807, 2.05) is 6.92 Å². The summed E-state index contributed by atoms with van der Waals surface area (Å²) in [6, 6.07) is 11.8. The molecule has 2 N–H and O–H groups in total. The number of ketones is 2. The van der Waals surface area contributed by atoms with Gasteiger partial charge < -0.3 is 15.4 Å². The average Bonchev–Trinajstić information content (AvgIpc) is 3.29. The minimum atomic E-state index is -0.784. The third kappa shape index (κ3) is 5.37. The highest BCUT2D eigenvalue weighted by atomic mass is 19.1. The van der Waals surface area contributed by atoms with Gasteiger partial charge in [-0.25, -0.2) is 13.9 Å². The quantitative estimate of drug-likeness (QED) is 0.352. The Morgan fingerprint density at radius 2 is 1.74 bits per heavy atom. The Morgan fingerprint density at radius 1 is 1.03 bits per heavy atom. The molecule has 0 saturated carbocycles. The van der Waals surface area contributed by atoms with Crippen LogP contribution in [0, 0.1) is 12.7 Å². The van der Waals surface area contributed by atoms with Crippen LogP contribution in [0.15, 0.2) is 48.7 Å². The molecular weight excluding hydrogens is 505 g/mol. The maximum absolute atomic E-state index is 14.4. The third-order valence-corrected chi connectivity index (χ3v) is 6.37. The van der Waals surface area contributed by atoms with Crippen molar-refractivity contribution in [1.82, 2.24) is 25.2 Å². The van der Waals surface area contributed by atoms with E-state index < -0.39 is 17.6 Å². The van der Waals surface area contributed by atoms with Crippen LogP contribution in [0.1, 0.15) is 60.5 Å². The number of benzene rings is 2. The van der Waals surface area contributed by atoms with Crippen molar-refractivity contribution in [3.05, 3.63) is 93.7 Å². The van der Waals surface area contributed by atoms with E-state index in [1.165, 1.54) is 13.0 Å². The van der Waals surface area contributed by atoms with Gasteiger partial charge in [0.2, 0.25) is 0 Å². The van der Waals surface area contributed by atoms with Crippen LogP contribution in [0.3, 0.4) is 0 Å². The number of halogens is 1. The number of ether oxygens (including phenoxy) is 1. The summed E-state index contributed by atoms with van der Waals surface area (Å²) >= 11 is 0. The topological polar surface area (TPSA) is 132 Å². The van der Waals surface area contributed by atoms with E-state index in [0.717, 1.165) is 33.0 Å². The van der Waals surface area contributed by atoms with Crippen LogP contribution in [0.5, 0.6) is 5.75 Å². The Kier molecular flexibility index (Phi) is 6.88. The van der Waals surface area contributed by atoms with Crippen LogP contribution in [-0.2, 0) is 24.3 Å². The van der Waals surface area contributed by atoms with Crippen molar-refractivity contribution >= 4 is 29.0 Å². The number of hydrogen-bond acceptors (Lipinski definition) is 7. The first-order chi connectivity index (χ1) is 18.7. The lowest BCUT2D eigenvalue weighted by molar-refractivity contribution is -0.121. The van der Waals surface area contributed by atoms with Gasteiger partial charge in [-0.3, -0.25) is 19.2 Å². The van der Waals surface area contributed by atoms with Crippen LogP contribution >= 0.6 is 0 Å². The number of carbonyl (C=O) groups excluding carboxylic acids is 4. The molecule has 1 aliphatic heterocycles. The number of rotatable bonds is 7. The van der Waals surface area contributed by atoms with Crippen molar-refractivity contribution in [2.75, 3.05) is 6.61 Å². The minimum absolute atomic E-state index is 0.0296. The molecule has 0 unspecified atom stereocenters. The highest BCUT2D eigenvalue weighted by Crippen LogP contribution is 2.24. The van der Waals surface area contributed by atoms with E-state index in [0.29, 0.717) is 11.3 Å². The number of fused-ring (bicyclic) bond motifs is 2. The molecule has 3 heterocycles. The van der Waals surface area contributed by atoms with Gasteiger partial charge in [-0.1, -0.05) is 24.3 Å². The molecule has 0 radical (unpaired) electrons. The number of Topliss-reactive ketones (excluding diaryl/α,β-unsaturated/α-hetero) is 2. The van der Waals surface area contributed by atoms with E-state index in [9.17, 15) is 23.6 Å². The molecule has 0 aliphatic carbocycles. The Hall–Kier alpha value is -4.93. The Bertz CT molecular complexity index is 1660. The molecule has 0 saturated heterocycles. The van der Waals surface area contributed by atoms with Crippen molar-refractivity contribution in [3.8, 4) is 5.75 Å². The fourth-order valence-corrected chi connectivity index (χ4v) is 4.43. The molecule has 2 aromatic heterocycles. The first-order valence-corrected chi connectivity index (χ1v) is 12.2. The van der Waals surface area contributed by atoms with Gasteiger partial charge in [0.15, 0.2) is 23.0 Å². The zero-order valence-electron chi connectivity index (χ0n) is 21.2. The standard InChI is InChI=1S/C28H24FN5O5/c1-15-7-17(3-5-21(15)16(2)35)11-31-28(38)24-10-23(33-26-22(29)13-32-34(24)26)27(37)30-12-18-4-6-25-19(8-18)9-20(36)14-39-25/h3-8,10,13H,9,11-12,14H2,1-2H3,(H,30,37)(H,31,38). The summed E-state index contributed by atoms with van der Waals surface area (Å²) in [5.74, 6) is -1.44. The van der Waals surface area contributed by atoms with Crippen molar-refractivity contribution in [3.63, 3.8) is 0 Å². The molecule has 10 nitrogen and oxygen atoms in total. The lowest BCUT2D eigenvalue weighted by Gasteiger charge is -2.17. The van der Waals surface area contributed by atoms with Gasteiger partial charge in [-0.2, -0.15) is 5.10 Å². The van der Waals surface area contributed by atoms with Crippen molar-refractivity contribution in [2.45, 2.75) is 33.4 Å². The molecule has 39 heavy (non-hydrogen) atoms.